The fourth-order valence-electron chi connectivity index (χ4n) is 4.32. The van der Waals surface area contributed by atoms with Crippen molar-refractivity contribution < 1.29 is 22.7 Å². The number of fused-ring (bicyclic) bond motifs is 1. The third kappa shape index (κ3) is 6.47. The summed E-state index contributed by atoms with van der Waals surface area (Å²) in [5, 5.41) is 2.91. The largest absolute Gasteiger partial charge is 0.444 e. The Morgan fingerprint density at radius 2 is 1.86 bits per heavy atom. The van der Waals surface area contributed by atoms with Gasteiger partial charge in [0.25, 0.3) is 5.91 Å². The second-order valence-electron chi connectivity index (χ2n) is 10.1. The summed E-state index contributed by atoms with van der Waals surface area (Å²) in [5.41, 5.74) is 1.95. The monoisotopic (exact) mass is 529 g/mol. The van der Waals surface area contributed by atoms with Crippen molar-refractivity contribution in [3.63, 3.8) is 0 Å². The molecule has 2 aliphatic rings. The highest BCUT2D eigenvalue weighted by Crippen LogP contribution is 2.41. The lowest BCUT2D eigenvalue weighted by molar-refractivity contribution is -0.119. The highest BCUT2D eigenvalue weighted by atomic mass is 32.2. The van der Waals surface area contributed by atoms with Crippen molar-refractivity contribution in [3.05, 3.63) is 65.7 Å². The van der Waals surface area contributed by atoms with Crippen molar-refractivity contribution >= 4 is 44.5 Å². The Bertz CT molecular complexity index is 1270. The van der Waals surface area contributed by atoms with Crippen molar-refractivity contribution in [2.24, 2.45) is 4.99 Å². The lowest BCUT2D eigenvalue weighted by Crippen LogP contribution is -2.45. The molecular formula is C26H31N3O5S2. The number of hydrogen-bond donors (Lipinski definition) is 1. The Balaban J connectivity index is 1.65. The number of alkyl carbamates (subject to hydrolysis) is 1. The average molecular weight is 530 g/mol. The van der Waals surface area contributed by atoms with Gasteiger partial charge in [-0.2, -0.15) is 4.99 Å². The number of ether oxygens (including phenoxy) is 1. The molecule has 0 saturated carbocycles. The normalized spacial score (nSPS) is 22.8. The summed E-state index contributed by atoms with van der Waals surface area (Å²) in [6.45, 7) is 7.21. The molecule has 2 aromatic carbocycles. The molecule has 2 fully saturated rings. The maximum atomic E-state index is 13.5. The molecule has 1 N–H and O–H groups in total. The zero-order valence-electron chi connectivity index (χ0n) is 20.8. The summed E-state index contributed by atoms with van der Waals surface area (Å²) in [7, 11) is -3.17. The quantitative estimate of drug-likeness (QED) is 0.629. The molecule has 8 nitrogen and oxygen atoms in total. The lowest BCUT2D eigenvalue weighted by atomic mass is 10.1. The van der Waals surface area contributed by atoms with E-state index < -0.39 is 33.5 Å². The Morgan fingerprint density at radius 3 is 2.53 bits per heavy atom. The molecule has 4 rings (SSSR count). The number of aliphatic imine (C=N–C) groups is 1. The second kappa shape index (κ2) is 10.3. The highest BCUT2D eigenvalue weighted by molar-refractivity contribution is 8.16. The van der Waals surface area contributed by atoms with E-state index in [0.717, 1.165) is 16.8 Å². The van der Waals surface area contributed by atoms with Crippen LogP contribution in [-0.2, 0) is 25.8 Å². The molecule has 10 heteroatoms. The van der Waals surface area contributed by atoms with Gasteiger partial charge < -0.3 is 15.0 Å². The Hall–Kier alpha value is -2.85. The number of benzene rings is 2. The molecule has 0 bridgehead atoms. The maximum absolute atomic E-state index is 13.5. The van der Waals surface area contributed by atoms with Gasteiger partial charge in [-0.05, 0) is 51.0 Å². The minimum Gasteiger partial charge on any atom is -0.444 e. The molecule has 2 amide bonds. The predicted molar refractivity (Wildman–Crippen MR) is 143 cm³/mol. The van der Waals surface area contributed by atoms with Crippen molar-refractivity contribution in [1.29, 1.82) is 0 Å². The van der Waals surface area contributed by atoms with Crippen LogP contribution in [0, 0.1) is 6.92 Å². The zero-order chi connectivity index (χ0) is 26.1. The number of nitrogens with zero attached hydrogens (tertiary/aromatic N) is 2. The van der Waals surface area contributed by atoms with Gasteiger partial charge in [-0.15, -0.1) is 0 Å². The summed E-state index contributed by atoms with van der Waals surface area (Å²) < 4.78 is 30.1. The third-order valence-corrected chi connectivity index (χ3v) is 9.03. The van der Waals surface area contributed by atoms with E-state index in [1.807, 2.05) is 66.4 Å². The van der Waals surface area contributed by atoms with Gasteiger partial charge in [-0.25, -0.2) is 13.2 Å². The van der Waals surface area contributed by atoms with E-state index in [2.05, 4.69) is 10.3 Å². The van der Waals surface area contributed by atoms with E-state index in [4.69, 9.17) is 4.74 Å². The molecule has 0 aliphatic carbocycles. The van der Waals surface area contributed by atoms with Crippen LogP contribution in [0.4, 0.5) is 10.5 Å². The smallest absolute Gasteiger partial charge is 0.408 e. The van der Waals surface area contributed by atoms with Gasteiger partial charge in [0.2, 0.25) is 0 Å². The molecule has 2 heterocycles. The van der Waals surface area contributed by atoms with Gasteiger partial charge in [-0.1, -0.05) is 54.2 Å². The Kier molecular flexibility index (Phi) is 7.47. The predicted octanol–water partition coefficient (Wildman–Crippen LogP) is 3.73. The summed E-state index contributed by atoms with van der Waals surface area (Å²) in [5.74, 6) is -0.468. The average Bonchev–Trinajstić information content (AvgIpc) is 3.23. The summed E-state index contributed by atoms with van der Waals surface area (Å²) in [6.07, 6.45) is -0.457. The molecule has 36 heavy (non-hydrogen) atoms. The molecule has 192 valence electrons. The van der Waals surface area contributed by atoms with E-state index >= 15 is 0 Å². The number of amides is 2. The number of carbonyl (C=O) groups excluding carboxylic acids is 2. The van der Waals surface area contributed by atoms with Gasteiger partial charge in [0.15, 0.2) is 15.0 Å². The lowest BCUT2D eigenvalue weighted by Gasteiger charge is -2.25. The van der Waals surface area contributed by atoms with Crippen molar-refractivity contribution in [2.45, 2.75) is 57.1 Å². The first-order valence-corrected chi connectivity index (χ1v) is 14.5. The number of carbonyl (C=O) groups is 2. The number of aryl methyl sites for hydroxylation is 1. The summed E-state index contributed by atoms with van der Waals surface area (Å²) in [6, 6.07) is 15.8. The molecule has 0 spiro atoms. The van der Waals surface area contributed by atoms with Crippen LogP contribution in [0.3, 0.4) is 0 Å². The van der Waals surface area contributed by atoms with Crippen molar-refractivity contribution in [2.75, 3.05) is 16.4 Å². The molecule has 2 aliphatic heterocycles. The van der Waals surface area contributed by atoms with Crippen LogP contribution in [0.1, 0.15) is 31.9 Å². The highest BCUT2D eigenvalue weighted by Gasteiger charge is 2.49. The second-order valence-corrected chi connectivity index (χ2v) is 13.5. The minimum absolute atomic E-state index is 0.00935. The molecule has 3 atom stereocenters. The standard InChI is InChI=1S/C26H31N3O5S2/c1-17-9-8-12-19(13-17)29-21-15-36(32,33)16-22(21)35-24(29)28-23(30)20(14-18-10-6-5-7-11-18)27-25(31)34-26(2,3)4/h5-13,20-22H,14-16H2,1-4H3,(H,27,31). The van der Waals surface area contributed by atoms with Crippen LogP contribution in [0.25, 0.3) is 0 Å². The molecule has 0 aromatic heterocycles. The number of hydrogen-bond acceptors (Lipinski definition) is 6. The van der Waals surface area contributed by atoms with E-state index in [1.54, 1.807) is 20.8 Å². The summed E-state index contributed by atoms with van der Waals surface area (Å²) in [4.78, 5) is 32.3. The first-order valence-electron chi connectivity index (χ1n) is 11.8. The zero-order valence-corrected chi connectivity index (χ0v) is 22.4. The first kappa shape index (κ1) is 26.2. The van der Waals surface area contributed by atoms with Gasteiger partial charge in [-0.3, -0.25) is 4.79 Å². The van der Waals surface area contributed by atoms with E-state index in [0.29, 0.717) is 5.17 Å². The minimum atomic E-state index is -3.17. The molecule has 3 unspecified atom stereocenters. The van der Waals surface area contributed by atoms with E-state index in [-0.39, 0.29) is 29.2 Å². The van der Waals surface area contributed by atoms with Crippen molar-refractivity contribution in [3.8, 4) is 0 Å². The van der Waals surface area contributed by atoms with Crippen LogP contribution < -0.4 is 10.2 Å². The van der Waals surface area contributed by atoms with Crippen LogP contribution in [0.2, 0.25) is 0 Å². The van der Waals surface area contributed by atoms with Gasteiger partial charge in [0, 0.05) is 17.4 Å². The molecular weight excluding hydrogens is 498 g/mol. The first-order chi connectivity index (χ1) is 16.9. The summed E-state index contributed by atoms with van der Waals surface area (Å²) >= 11 is 1.31. The molecule has 2 saturated heterocycles. The van der Waals surface area contributed by atoms with Gasteiger partial charge >= 0.3 is 6.09 Å². The maximum Gasteiger partial charge on any atom is 0.408 e. The van der Waals surface area contributed by atoms with Crippen LogP contribution in [0.15, 0.2) is 59.6 Å². The van der Waals surface area contributed by atoms with Crippen LogP contribution in [0.5, 0.6) is 0 Å². The number of anilines is 1. The Labute approximate surface area is 216 Å². The van der Waals surface area contributed by atoms with Crippen LogP contribution in [-0.4, -0.2) is 60.0 Å². The number of thioether (sulfide) groups is 1. The van der Waals surface area contributed by atoms with Gasteiger partial charge in [0.05, 0.1) is 17.5 Å². The SMILES string of the molecule is Cc1cccc(N2C(=NC(=O)C(Cc3ccccc3)NC(=O)OC(C)(C)C)SC3CS(=O)(=O)CC32)c1. The molecule has 2 aromatic rings. The molecule has 0 radical (unpaired) electrons. The van der Waals surface area contributed by atoms with Crippen molar-refractivity contribution in [1.82, 2.24) is 5.32 Å². The third-order valence-electron chi connectivity index (χ3n) is 5.82. The number of rotatable bonds is 5. The Morgan fingerprint density at radius 1 is 1.14 bits per heavy atom. The number of nitrogens with one attached hydrogen (secondary N) is 1. The topological polar surface area (TPSA) is 105 Å². The number of sulfone groups is 1. The fraction of sp³-hybridized carbons (Fsp3) is 0.423. The van der Waals surface area contributed by atoms with Gasteiger partial charge in [0.1, 0.15) is 11.6 Å². The van der Waals surface area contributed by atoms with Crippen LogP contribution >= 0.6 is 11.8 Å². The van der Waals surface area contributed by atoms with E-state index in [9.17, 15) is 18.0 Å². The fourth-order valence-corrected chi connectivity index (χ4v) is 8.24. The van der Waals surface area contributed by atoms with E-state index in [1.165, 1.54) is 11.8 Å². The number of amidine groups is 1.